The van der Waals surface area contributed by atoms with Gasteiger partial charge in [-0.15, -0.1) is 0 Å². The minimum Gasteiger partial charge on any atom is -0.507 e. The number of phenolic OH excluding ortho intramolecular Hbond substituents is 1. The van der Waals surface area contributed by atoms with Gasteiger partial charge in [-0.25, -0.2) is 0 Å². The second-order valence-corrected chi connectivity index (χ2v) is 3.55. The number of hydrogen-bond donors (Lipinski definition) is 2. The largest absolute Gasteiger partial charge is 0.507 e. The molecule has 0 radical (unpaired) electrons. The highest BCUT2D eigenvalue weighted by Crippen LogP contribution is 2.23. The highest BCUT2D eigenvalue weighted by molar-refractivity contribution is 9.10. The number of carbonyl (C=O) groups is 1. The van der Waals surface area contributed by atoms with Crippen LogP contribution in [0.5, 0.6) is 5.75 Å². The average Bonchev–Trinajstić information content (AvgIpc) is 2.07. The predicted molar refractivity (Wildman–Crippen MR) is 53.3 cm³/mol. The second kappa shape index (κ2) is 4.28. The summed E-state index contributed by atoms with van der Waals surface area (Å²) in [5.74, 6) is 0.135. The van der Waals surface area contributed by atoms with Gasteiger partial charge in [0.15, 0.2) is 0 Å². The van der Waals surface area contributed by atoms with Gasteiger partial charge in [-0.2, -0.15) is 0 Å². The molecule has 0 saturated heterocycles. The summed E-state index contributed by atoms with van der Waals surface area (Å²) in [6.45, 7) is 1.95. The van der Waals surface area contributed by atoms with Gasteiger partial charge >= 0.3 is 0 Å². The number of hydrogen-bond acceptors (Lipinski definition) is 2. The van der Waals surface area contributed by atoms with Crippen molar-refractivity contribution in [2.75, 3.05) is 0 Å². The van der Waals surface area contributed by atoms with Crippen LogP contribution in [0, 0.1) is 0 Å². The normalized spacial score (nSPS) is 9.69. The van der Waals surface area contributed by atoms with E-state index in [-0.39, 0.29) is 11.7 Å². The van der Waals surface area contributed by atoms with E-state index < -0.39 is 0 Å². The molecular weight excluding hydrogens is 234 g/mol. The van der Waals surface area contributed by atoms with E-state index >= 15 is 0 Å². The maximum absolute atomic E-state index is 10.6. The fraction of sp³-hybridized carbons (Fsp3) is 0.222. The topological polar surface area (TPSA) is 49.3 Å². The third-order valence-corrected chi connectivity index (χ3v) is 2.19. The lowest BCUT2D eigenvalue weighted by Gasteiger charge is -2.03. The van der Waals surface area contributed by atoms with Gasteiger partial charge in [-0.3, -0.25) is 4.79 Å². The molecule has 0 aliphatic carbocycles. The number of phenols is 1. The van der Waals surface area contributed by atoms with Crippen molar-refractivity contribution in [3.05, 3.63) is 28.2 Å². The van der Waals surface area contributed by atoms with E-state index in [0.717, 1.165) is 5.56 Å². The first-order chi connectivity index (χ1) is 6.09. The van der Waals surface area contributed by atoms with Gasteiger partial charge in [0, 0.05) is 13.5 Å². The Morgan fingerprint density at radius 2 is 2.31 bits per heavy atom. The van der Waals surface area contributed by atoms with Gasteiger partial charge in [0.2, 0.25) is 5.91 Å². The van der Waals surface area contributed by atoms with Gasteiger partial charge < -0.3 is 10.4 Å². The summed E-state index contributed by atoms with van der Waals surface area (Å²) in [5, 5.41) is 11.9. The zero-order valence-electron chi connectivity index (χ0n) is 7.17. The van der Waals surface area contributed by atoms with Crippen LogP contribution < -0.4 is 5.32 Å². The Morgan fingerprint density at radius 3 is 2.85 bits per heavy atom. The lowest BCUT2D eigenvalue weighted by Crippen LogP contribution is -2.18. The van der Waals surface area contributed by atoms with E-state index in [0.29, 0.717) is 11.0 Å². The molecule has 0 spiro atoms. The van der Waals surface area contributed by atoms with E-state index in [1.54, 1.807) is 18.2 Å². The zero-order chi connectivity index (χ0) is 9.84. The Balaban J connectivity index is 2.68. The molecule has 13 heavy (non-hydrogen) atoms. The van der Waals surface area contributed by atoms with Crippen molar-refractivity contribution in [3.63, 3.8) is 0 Å². The van der Waals surface area contributed by atoms with E-state index in [4.69, 9.17) is 0 Å². The zero-order valence-corrected chi connectivity index (χ0v) is 8.76. The van der Waals surface area contributed by atoms with Crippen LogP contribution in [0.2, 0.25) is 0 Å². The van der Waals surface area contributed by atoms with Crippen LogP contribution in [0.3, 0.4) is 0 Å². The molecule has 1 amide bonds. The number of benzene rings is 1. The molecule has 0 saturated carbocycles. The fourth-order valence-electron chi connectivity index (χ4n) is 0.887. The van der Waals surface area contributed by atoms with Crippen molar-refractivity contribution in [2.45, 2.75) is 13.5 Å². The van der Waals surface area contributed by atoms with E-state index in [1.165, 1.54) is 6.92 Å². The molecule has 4 heteroatoms. The molecule has 0 bridgehead atoms. The minimum absolute atomic E-state index is 0.0656. The first-order valence-electron chi connectivity index (χ1n) is 3.81. The molecule has 0 aliphatic heterocycles. The van der Waals surface area contributed by atoms with Crippen molar-refractivity contribution in [1.29, 1.82) is 0 Å². The van der Waals surface area contributed by atoms with Crippen LogP contribution in [-0.2, 0) is 11.3 Å². The number of nitrogens with one attached hydrogen (secondary N) is 1. The van der Waals surface area contributed by atoms with Crippen LogP contribution >= 0.6 is 15.9 Å². The number of amides is 1. The molecule has 2 N–H and O–H groups in total. The standard InChI is InChI=1S/C9H10BrNO2/c1-6(12)11-5-7-2-3-9(13)8(10)4-7/h2-4,13H,5H2,1H3,(H,11,12). The fourth-order valence-corrected chi connectivity index (χ4v) is 1.31. The third-order valence-electron chi connectivity index (χ3n) is 1.55. The van der Waals surface area contributed by atoms with Gasteiger partial charge in [-0.1, -0.05) is 6.07 Å². The van der Waals surface area contributed by atoms with E-state index in [9.17, 15) is 9.90 Å². The highest BCUT2D eigenvalue weighted by Gasteiger charge is 1.99. The maximum atomic E-state index is 10.6. The number of halogens is 1. The van der Waals surface area contributed by atoms with Crippen molar-refractivity contribution in [3.8, 4) is 5.75 Å². The Kier molecular flexibility index (Phi) is 3.31. The Bertz CT molecular complexity index is 325. The van der Waals surface area contributed by atoms with Gasteiger partial charge in [0.05, 0.1) is 4.47 Å². The molecule has 0 aromatic heterocycles. The minimum atomic E-state index is -0.0656. The molecule has 0 atom stereocenters. The van der Waals surface area contributed by atoms with Crippen molar-refractivity contribution in [1.82, 2.24) is 5.32 Å². The van der Waals surface area contributed by atoms with Crippen molar-refractivity contribution < 1.29 is 9.90 Å². The summed E-state index contributed by atoms with van der Waals surface area (Å²) in [7, 11) is 0. The Hall–Kier alpha value is -1.03. The number of carbonyl (C=O) groups excluding carboxylic acids is 1. The van der Waals surface area contributed by atoms with Gasteiger partial charge in [0.1, 0.15) is 5.75 Å². The van der Waals surface area contributed by atoms with Gasteiger partial charge in [-0.05, 0) is 33.6 Å². The molecule has 1 aromatic rings. The quantitative estimate of drug-likeness (QED) is 0.833. The molecular formula is C9H10BrNO2. The van der Waals surface area contributed by atoms with E-state index in [1.807, 2.05) is 0 Å². The van der Waals surface area contributed by atoms with Crippen molar-refractivity contribution in [2.24, 2.45) is 0 Å². The van der Waals surface area contributed by atoms with Crippen LogP contribution in [0.4, 0.5) is 0 Å². The molecule has 0 aliphatic rings. The first kappa shape index (κ1) is 10.1. The van der Waals surface area contributed by atoms with E-state index in [2.05, 4.69) is 21.2 Å². The van der Waals surface area contributed by atoms with Crippen LogP contribution in [0.25, 0.3) is 0 Å². The summed E-state index contributed by atoms with van der Waals surface area (Å²) < 4.78 is 0.635. The molecule has 1 aromatic carbocycles. The van der Waals surface area contributed by atoms with Gasteiger partial charge in [0.25, 0.3) is 0 Å². The SMILES string of the molecule is CC(=O)NCc1ccc(O)c(Br)c1. The smallest absolute Gasteiger partial charge is 0.217 e. The Labute approximate surface area is 84.9 Å². The summed E-state index contributed by atoms with van der Waals surface area (Å²) in [6.07, 6.45) is 0. The molecule has 0 unspecified atom stereocenters. The molecule has 0 heterocycles. The summed E-state index contributed by atoms with van der Waals surface area (Å²) in [5.41, 5.74) is 0.944. The van der Waals surface area contributed by atoms with Crippen LogP contribution in [0.15, 0.2) is 22.7 Å². The predicted octanol–water partition coefficient (Wildman–Crippen LogP) is 1.79. The lowest BCUT2D eigenvalue weighted by atomic mass is 10.2. The molecule has 70 valence electrons. The first-order valence-corrected chi connectivity index (χ1v) is 4.60. The lowest BCUT2D eigenvalue weighted by molar-refractivity contribution is -0.119. The summed E-state index contributed by atoms with van der Waals surface area (Å²) in [6, 6.07) is 5.11. The average molecular weight is 244 g/mol. The Morgan fingerprint density at radius 1 is 1.62 bits per heavy atom. The van der Waals surface area contributed by atoms with Crippen molar-refractivity contribution >= 4 is 21.8 Å². The molecule has 3 nitrogen and oxygen atoms in total. The second-order valence-electron chi connectivity index (χ2n) is 2.70. The van der Waals surface area contributed by atoms with Crippen LogP contribution in [0.1, 0.15) is 12.5 Å². The summed E-state index contributed by atoms with van der Waals surface area (Å²) >= 11 is 3.19. The third kappa shape index (κ3) is 3.06. The molecule has 1 rings (SSSR count). The number of aromatic hydroxyl groups is 1. The monoisotopic (exact) mass is 243 g/mol. The molecule has 0 fully saturated rings. The number of rotatable bonds is 2. The maximum Gasteiger partial charge on any atom is 0.217 e. The van der Waals surface area contributed by atoms with Crippen LogP contribution in [-0.4, -0.2) is 11.0 Å². The summed E-state index contributed by atoms with van der Waals surface area (Å²) in [4.78, 5) is 10.6. The highest BCUT2D eigenvalue weighted by atomic mass is 79.9.